The van der Waals surface area contributed by atoms with Gasteiger partial charge in [0, 0.05) is 28.5 Å². The number of pyridine rings is 1. The zero-order valence-electron chi connectivity index (χ0n) is 12.8. The van der Waals surface area contributed by atoms with Crippen LogP contribution < -0.4 is 0 Å². The van der Waals surface area contributed by atoms with Gasteiger partial charge in [-0.2, -0.15) is 0 Å². The summed E-state index contributed by atoms with van der Waals surface area (Å²) in [6.07, 6.45) is 4.36. The van der Waals surface area contributed by atoms with E-state index in [1.807, 2.05) is 18.2 Å². The van der Waals surface area contributed by atoms with Crippen LogP contribution in [-0.4, -0.2) is 4.40 Å². The van der Waals surface area contributed by atoms with Gasteiger partial charge in [0.05, 0.1) is 0 Å². The molecule has 2 aromatic heterocycles. The molecule has 2 aromatic carbocycles. The molecule has 0 atom stereocenters. The summed E-state index contributed by atoms with van der Waals surface area (Å²) >= 11 is 5.98. The first-order chi connectivity index (χ1) is 11.2. The Morgan fingerprint density at radius 3 is 2.22 bits per heavy atom. The third-order valence-corrected chi connectivity index (χ3v) is 4.44. The summed E-state index contributed by atoms with van der Waals surface area (Å²) < 4.78 is 2.19. The minimum absolute atomic E-state index is 0.764. The minimum atomic E-state index is 0.764. The van der Waals surface area contributed by atoms with Crippen molar-refractivity contribution >= 4 is 17.1 Å². The Kier molecular flexibility index (Phi) is 3.44. The summed E-state index contributed by atoms with van der Waals surface area (Å²) in [7, 11) is 0. The fraction of sp³-hybridized carbons (Fsp3) is 0.0476. The molecule has 0 aliphatic heterocycles. The van der Waals surface area contributed by atoms with Gasteiger partial charge in [0.1, 0.15) is 0 Å². The van der Waals surface area contributed by atoms with E-state index >= 15 is 0 Å². The van der Waals surface area contributed by atoms with Crippen molar-refractivity contribution in [1.82, 2.24) is 4.40 Å². The van der Waals surface area contributed by atoms with Crippen molar-refractivity contribution in [2.24, 2.45) is 0 Å². The molecule has 0 saturated heterocycles. The predicted molar refractivity (Wildman–Crippen MR) is 98.0 cm³/mol. The Morgan fingerprint density at radius 1 is 0.739 bits per heavy atom. The average molecular weight is 318 g/mol. The van der Waals surface area contributed by atoms with Gasteiger partial charge in [-0.3, -0.25) is 0 Å². The molecule has 0 spiro atoms. The first-order valence-electron chi connectivity index (χ1n) is 7.64. The zero-order chi connectivity index (χ0) is 15.8. The van der Waals surface area contributed by atoms with Crippen LogP contribution in [0.15, 0.2) is 79.1 Å². The van der Waals surface area contributed by atoms with Crippen molar-refractivity contribution in [2.75, 3.05) is 0 Å². The summed E-state index contributed by atoms with van der Waals surface area (Å²) in [6, 6.07) is 23.0. The maximum atomic E-state index is 5.98. The molecule has 2 heteroatoms. The van der Waals surface area contributed by atoms with Crippen LogP contribution in [0.25, 0.3) is 27.8 Å². The first kappa shape index (κ1) is 14.1. The lowest BCUT2D eigenvalue weighted by Crippen LogP contribution is -1.88. The van der Waals surface area contributed by atoms with E-state index in [-0.39, 0.29) is 0 Å². The molecule has 0 unspecified atom stereocenters. The fourth-order valence-electron chi connectivity index (χ4n) is 2.99. The molecule has 23 heavy (non-hydrogen) atoms. The van der Waals surface area contributed by atoms with E-state index in [0.717, 1.165) is 5.02 Å². The highest BCUT2D eigenvalue weighted by molar-refractivity contribution is 6.30. The Labute approximate surface area is 140 Å². The topological polar surface area (TPSA) is 4.41 Å². The molecule has 4 rings (SSSR count). The normalized spacial score (nSPS) is 11.0. The molecule has 0 radical (unpaired) electrons. The van der Waals surface area contributed by atoms with Crippen LogP contribution in [0.4, 0.5) is 0 Å². The smallest absolute Gasteiger partial charge is 0.0462 e. The molecule has 0 bridgehead atoms. The van der Waals surface area contributed by atoms with Crippen LogP contribution in [0, 0.1) is 6.92 Å². The van der Waals surface area contributed by atoms with Gasteiger partial charge < -0.3 is 4.40 Å². The molecular weight excluding hydrogens is 302 g/mol. The Hall–Kier alpha value is -2.51. The van der Waals surface area contributed by atoms with E-state index in [4.69, 9.17) is 11.6 Å². The molecule has 0 amide bonds. The Bertz CT molecular complexity index is 966. The third-order valence-electron chi connectivity index (χ3n) is 4.19. The van der Waals surface area contributed by atoms with Crippen LogP contribution in [0.1, 0.15) is 5.56 Å². The quantitative estimate of drug-likeness (QED) is 0.412. The van der Waals surface area contributed by atoms with Crippen LogP contribution >= 0.6 is 11.6 Å². The van der Waals surface area contributed by atoms with E-state index in [0.29, 0.717) is 0 Å². The Morgan fingerprint density at radius 2 is 1.48 bits per heavy atom. The Balaban J connectivity index is 1.85. The van der Waals surface area contributed by atoms with Crippen LogP contribution in [0.5, 0.6) is 0 Å². The first-order valence-corrected chi connectivity index (χ1v) is 8.02. The lowest BCUT2D eigenvalue weighted by molar-refractivity contribution is 1.17. The van der Waals surface area contributed by atoms with Crippen molar-refractivity contribution < 1.29 is 0 Å². The molecule has 4 aromatic rings. The average Bonchev–Trinajstić information content (AvgIpc) is 2.98. The largest absolute Gasteiger partial charge is 0.323 e. The monoisotopic (exact) mass is 317 g/mol. The van der Waals surface area contributed by atoms with Crippen LogP contribution in [0.3, 0.4) is 0 Å². The van der Waals surface area contributed by atoms with Gasteiger partial charge >= 0.3 is 0 Å². The lowest BCUT2D eigenvalue weighted by Gasteiger charge is -2.07. The van der Waals surface area contributed by atoms with E-state index in [9.17, 15) is 0 Å². The second-order valence-electron chi connectivity index (χ2n) is 5.80. The van der Waals surface area contributed by atoms with Gasteiger partial charge in [-0.1, -0.05) is 54.1 Å². The number of aromatic nitrogens is 1. The highest BCUT2D eigenvalue weighted by atomic mass is 35.5. The van der Waals surface area contributed by atoms with Crippen LogP contribution in [-0.2, 0) is 0 Å². The van der Waals surface area contributed by atoms with Crippen molar-refractivity contribution in [1.29, 1.82) is 0 Å². The standard InChI is InChI=1S/C21H16ClN/c1-15-13-23-14-18(16-7-9-19(22)10-8-16)11-20(23)12-21(15)17-5-3-2-4-6-17/h2-14H,1H3. The van der Waals surface area contributed by atoms with Gasteiger partial charge in [-0.25, -0.2) is 0 Å². The third kappa shape index (κ3) is 2.64. The number of benzene rings is 2. The van der Waals surface area contributed by atoms with Gasteiger partial charge in [-0.05, 0) is 53.4 Å². The molecule has 0 saturated carbocycles. The number of halogens is 1. The highest BCUT2D eigenvalue weighted by Gasteiger charge is 2.07. The molecule has 1 nitrogen and oxygen atoms in total. The number of hydrogen-bond acceptors (Lipinski definition) is 0. The van der Waals surface area contributed by atoms with Crippen molar-refractivity contribution in [2.45, 2.75) is 6.92 Å². The summed E-state index contributed by atoms with van der Waals surface area (Å²) in [5.41, 5.74) is 7.37. The van der Waals surface area contributed by atoms with Crippen molar-refractivity contribution in [3.05, 3.63) is 89.7 Å². The summed E-state index contributed by atoms with van der Waals surface area (Å²) in [5, 5.41) is 0.764. The SMILES string of the molecule is Cc1cn2cc(-c3ccc(Cl)cc3)cc2cc1-c1ccccc1. The number of fused-ring (bicyclic) bond motifs is 1. The summed E-state index contributed by atoms with van der Waals surface area (Å²) in [5.74, 6) is 0. The number of rotatable bonds is 2. The fourth-order valence-corrected chi connectivity index (χ4v) is 3.12. The maximum Gasteiger partial charge on any atom is 0.0462 e. The molecule has 0 aliphatic carbocycles. The van der Waals surface area contributed by atoms with Gasteiger partial charge in [-0.15, -0.1) is 0 Å². The number of hydrogen-bond donors (Lipinski definition) is 0. The minimum Gasteiger partial charge on any atom is -0.323 e. The van der Waals surface area contributed by atoms with Gasteiger partial charge in [0.25, 0.3) is 0 Å². The van der Waals surface area contributed by atoms with E-state index in [1.165, 1.54) is 33.3 Å². The van der Waals surface area contributed by atoms with Crippen LogP contribution in [0.2, 0.25) is 5.02 Å². The van der Waals surface area contributed by atoms with Gasteiger partial charge in [0.2, 0.25) is 0 Å². The number of aryl methyl sites for hydroxylation is 1. The molecular formula is C21H16ClN. The maximum absolute atomic E-state index is 5.98. The van der Waals surface area contributed by atoms with Crippen molar-refractivity contribution in [3.63, 3.8) is 0 Å². The molecule has 0 N–H and O–H groups in total. The van der Waals surface area contributed by atoms with Crippen molar-refractivity contribution in [3.8, 4) is 22.3 Å². The highest BCUT2D eigenvalue weighted by Crippen LogP contribution is 2.29. The second kappa shape index (κ2) is 5.60. The van der Waals surface area contributed by atoms with E-state index in [1.54, 1.807) is 0 Å². The molecule has 112 valence electrons. The number of nitrogens with zero attached hydrogens (tertiary/aromatic N) is 1. The van der Waals surface area contributed by atoms with E-state index < -0.39 is 0 Å². The zero-order valence-corrected chi connectivity index (χ0v) is 13.6. The molecule has 2 heterocycles. The predicted octanol–water partition coefficient (Wildman–Crippen LogP) is 6.24. The summed E-state index contributed by atoms with van der Waals surface area (Å²) in [4.78, 5) is 0. The summed E-state index contributed by atoms with van der Waals surface area (Å²) in [6.45, 7) is 2.16. The van der Waals surface area contributed by atoms with E-state index in [2.05, 4.69) is 72.2 Å². The molecule has 0 aliphatic rings. The second-order valence-corrected chi connectivity index (χ2v) is 6.24. The lowest BCUT2D eigenvalue weighted by atomic mass is 10.0. The van der Waals surface area contributed by atoms with Gasteiger partial charge in [0.15, 0.2) is 0 Å². The molecule has 0 fully saturated rings.